The zero-order chi connectivity index (χ0) is 8.10. The van der Waals surface area contributed by atoms with Crippen molar-refractivity contribution in [3.05, 3.63) is 22.3 Å². The molecule has 0 spiro atoms. The SMILES string of the molecule is [Cl][Ir]([Cl])[C]1=CCCC=CCC1. The fourth-order valence-electron chi connectivity index (χ4n) is 0.997. The van der Waals surface area contributed by atoms with E-state index in [1.54, 1.807) is 0 Å². The first-order valence-electron chi connectivity index (χ1n) is 3.62. The van der Waals surface area contributed by atoms with Gasteiger partial charge in [0.2, 0.25) is 0 Å². The summed E-state index contributed by atoms with van der Waals surface area (Å²) in [6, 6.07) is 0. The van der Waals surface area contributed by atoms with Crippen LogP contribution in [0.5, 0.6) is 0 Å². The maximum absolute atomic E-state index is 5.92. The van der Waals surface area contributed by atoms with Crippen molar-refractivity contribution < 1.29 is 14.5 Å². The maximum atomic E-state index is 5.92. The van der Waals surface area contributed by atoms with Crippen LogP contribution in [0, 0.1) is 0 Å². The minimum absolute atomic E-state index is 1.08. The molecule has 66 valence electrons. The molecule has 0 radical (unpaired) electrons. The molecule has 0 fully saturated rings. The van der Waals surface area contributed by atoms with Gasteiger partial charge in [0, 0.05) is 0 Å². The summed E-state index contributed by atoms with van der Waals surface area (Å²) < 4.78 is 1.35. The first kappa shape index (κ1) is 9.79. The van der Waals surface area contributed by atoms with E-state index >= 15 is 0 Å². The van der Waals surface area contributed by atoms with Gasteiger partial charge in [0.1, 0.15) is 0 Å². The Morgan fingerprint density at radius 3 is 2.55 bits per heavy atom. The summed E-state index contributed by atoms with van der Waals surface area (Å²) in [5.41, 5.74) is 0. The van der Waals surface area contributed by atoms with E-state index in [-0.39, 0.29) is 0 Å². The van der Waals surface area contributed by atoms with E-state index in [1.165, 1.54) is 4.09 Å². The number of hydrogen-bond acceptors (Lipinski definition) is 0. The van der Waals surface area contributed by atoms with Crippen LogP contribution in [0.1, 0.15) is 25.7 Å². The van der Waals surface area contributed by atoms with Gasteiger partial charge in [-0.3, -0.25) is 0 Å². The Morgan fingerprint density at radius 1 is 1.09 bits per heavy atom. The van der Waals surface area contributed by atoms with Crippen molar-refractivity contribution >= 4 is 19.2 Å². The molecule has 11 heavy (non-hydrogen) atoms. The van der Waals surface area contributed by atoms with E-state index in [0.717, 1.165) is 25.7 Å². The second kappa shape index (κ2) is 5.37. The predicted octanol–water partition coefficient (Wildman–Crippen LogP) is 3.93. The van der Waals surface area contributed by atoms with Gasteiger partial charge in [-0.1, -0.05) is 0 Å². The third kappa shape index (κ3) is 3.75. The molecule has 0 atom stereocenters. The number of allylic oxidation sites excluding steroid dienone is 4. The van der Waals surface area contributed by atoms with E-state index in [9.17, 15) is 0 Å². The number of hydrogen-bond donors (Lipinski definition) is 0. The van der Waals surface area contributed by atoms with Crippen LogP contribution in [0.2, 0.25) is 0 Å². The van der Waals surface area contributed by atoms with Crippen molar-refractivity contribution in [1.29, 1.82) is 0 Å². The van der Waals surface area contributed by atoms with Crippen molar-refractivity contribution in [3.8, 4) is 0 Å². The summed E-state index contributed by atoms with van der Waals surface area (Å²) in [5, 5.41) is 0. The third-order valence-corrected chi connectivity index (χ3v) is 6.46. The first-order chi connectivity index (χ1) is 5.30. The zero-order valence-electron chi connectivity index (χ0n) is 6.15. The molecule has 0 amide bonds. The Morgan fingerprint density at radius 2 is 1.82 bits per heavy atom. The average Bonchev–Trinajstić information content (AvgIpc) is 1.84. The Labute approximate surface area is 81.4 Å². The molecule has 3 heteroatoms. The Hall–Kier alpha value is 0.709. The molecular formula is C8H11Cl2Ir. The fraction of sp³-hybridized carbons (Fsp3) is 0.500. The summed E-state index contributed by atoms with van der Waals surface area (Å²) >= 11 is -1.77. The van der Waals surface area contributed by atoms with Crippen molar-refractivity contribution in [1.82, 2.24) is 0 Å². The molecule has 0 saturated carbocycles. The van der Waals surface area contributed by atoms with Crippen LogP contribution in [0.4, 0.5) is 0 Å². The summed E-state index contributed by atoms with van der Waals surface area (Å²) in [6.07, 6.45) is 11.1. The van der Waals surface area contributed by atoms with Crippen molar-refractivity contribution in [2.24, 2.45) is 0 Å². The third-order valence-electron chi connectivity index (χ3n) is 1.56. The van der Waals surface area contributed by atoms with Crippen LogP contribution in [0.15, 0.2) is 22.3 Å². The standard InChI is InChI=1S/C8H11.2ClH.Ir/c1-2-4-6-8-7-5-3-1;;;/h1-2,7H,3-6H2;2*1H;/q;;;+2/p-2. The van der Waals surface area contributed by atoms with Crippen molar-refractivity contribution in [2.45, 2.75) is 25.7 Å². The quantitative estimate of drug-likeness (QED) is 0.614. The first-order valence-corrected chi connectivity index (χ1v) is 10.8. The fourth-order valence-corrected chi connectivity index (χ4v) is 4.38. The summed E-state index contributed by atoms with van der Waals surface area (Å²) in [4.78, 5) is 0. The Balaban J connectivity index is 2.50. The summed E-state index contributed by atoms with van der Waals surface area (Å²) in [6.45, 7) is 0. The zero-order valence-corrected chi connectivity index (χ0v) is 10.1. The van der Waals surface area contributed by atoms with Crippen molar-refractivity contribution in [2.75, 3.05) is 0 Å². The molecule has 0 unspecified atom stereocenters. The van der Waals surface area contributed by atoms with E-state index < -0.39 is 14.5 Å². The molecule has 1 rings (SSSR count). The minimum atomic E-state index is -1.77. The molecule has 0 aromatic carbocycles. The van der Waals surface area contributed by atoms with E-state index in [2.05, 4.69) is 18.2 Å². The molecule has 0 saturated heterocycles. The molecule has 0 aromatic heterocycles. The van der Waals surface area contributed by atoms with Crippen LogP contribution in [-0.4, -0.2) is 0 Å². The van der Waals surface area contributed by atoms with Crippen LogP contribution < -0.4 is 0 Å². The molecular weight excluding hydrogens is 359 g/mol. The molecule has 1 aliphatic rings. The van der Waals surface area contributed by atoms with E-state index in [4.69, 9.17) is 19.2 Å². The molecule has 0 aromatic rings. The van der Waals surface area contributed by atoms with E-state index in [1.807, 2.05) is 0 Å². The molecule has 0 nitrogen and oxygen atoms in total. The van der Waals surface area contributed by atoms with Crippen LogP contribution in [0.3, 0.4) is 0 Å². The van der Waals surface area contributed by atoms with Gasteiger partial charge in [0.25, 0.3) is 0 Å². The average molecular weight is 370 g/mol. The second-order valence-electron chi connectivity index (χ2n) is 2.38. The molecule has 0 bridgehead atoms. The van der Waals surface area contributed by atoms with Gasteiger partial charge >= 0.3 is 81.6 Å². The number of rotatable bonds is 1. The van der Waals surface area contributed by atoms with Gasteiger partial charge in [-0.05, 0) is 0 Å². The summed E-state index contributed by atoms with van der Waals surface area (Å²) in [5.74, 6) is 0. The van der Waals surface area contributed by atoms with Crippen LogP contribution in [0.25, 0.3) is 0 Å². The van der Waals surface area contributed by atoms with Gasteiger partial charge < -0.3 is 0 Å². The van der Waals surface area contributed by atoms with Gasteiger partial charge in [-0.25, -0.2) is 0 Å². The van der Waals surface area contributed by atoms with Gasteiger partial charge in [-0.2, -0.15) is 0 Å². The van der Waals surface area contributed by atoms with Gasteiger partial charge in [0.05, 0.1) is 0 Å². The predicted molar refractivity (Wildman–Crippen MR) is 47.4 cm³/mol. The number of halogens is 2. The molecule has 0 aliphatic heterocycles. The van der Waals surface area contributed by atoms with E-state index in [0.29, 0.717) is 0 Å². The molecule has 0 heterocycles. The van der Waals surface area contributed by atoms with Gasteiger partial charge in [0.15, 0.2) is 0 Å². The van der Waals surface area contributed by atoms with Crippen LogP contribution in [-0.2, 0) is 14.5 Å². The van der Waals surface area contributed by atoms with Gasteiger partial charge in [-0.15, -0.1) is 0 Å². The molecule has 0 N–H and O–H groups in total. The van der Waals surface area contributed by atoms with Crippen LogP contribution >= 0.6 is 19.2 Å². The Bertz CT molecular complexity index is 173. The molecule has 1 aliphatic carbocycles. The topological polar surface area (TPSA) is 0 Å². The van der Waals surface area contributed by atoms with Crippen molar-refractivity contribution in [3.63, 3.8) is 0 Å². The normalized spacial score (nSPS) is 20.2. The monoisotopic (exact) mass is 370 g/mol. The summed E-state index contributed by atoms with van der Waals surface area (Å²) in [7, 11) is 11.8. The second-order valence-corrected chi connectivity index (χ2v) is 10.3. The Kier molecular flexibility index (Phi) is 4.78.